The van der Waals surface area contributed by atoms with Gasteiger partial charge in [0.15, 0.2) is 0 Å². The van der Waals surface area contributed by atoms with E-state index in [4.69, 9.17) is 14.2 Å². The second-order valence-corrected chi connectivity index (χ2v) is 10.9. The topological polar surface area (TPSA) is 60.0 Å². The number of carbonyl (C=O) groups is 1. The monoisotopic (exact) mass is 478 g/mol. The molecule has 188 valence electrons. The van der Waals surface area contributed by atoms with Crippen LogP contribution >= 0.6 is 0 Å². The maximum atomic E-state index is 13.0. The van der Waals surface area contributed by atoms with Crippen LogP contribution in [0.25, 0.3) is 11.1 Å². The van der Waals surface area contributed by atoms with Gasteiger partial charge in [-0.05, 0) is 84.5 Å². The summed E-state index contributed by atoms with van der Waals surface area (Å²) in [5.41, 5.74) is 4.80. The zero-order valence-corrected chi connectivity index (χ0v) is 21.2. The van der Waals surface area contributed by atoms with Crippen molar-refractivity contribution in [1.82, 2.24) is 10.2 Å². The molecule has 2 atom stereocenters. The number of hydrogen-bond donors (Lipinski definition) is 1. The molecule has 1 unspecified atom stereocenters. The number of carbonyl (C=O) groups excluding carboxylic acids is 1. The van der Waals surface area contributed by atoms with Crippen molar-refractivity contribution in [3.8, 4) is 16.9 Å². The van der Waals surface area contributed by atoms with Gasteiger partial charge < -0.3 is 19.5 Å². The summed E-state index contributed by atoms with van der Waals surface area (Å²) in [5, 5.41) is 3.26. The van der Waals surface area contributed by atoms with Crippen LogP contribution in [0.3, 0.4) is 0 Å². The zero-order chi connectivity index (χ0) is 24.4. The van der Waals surface area contributed by atoms with E-state index in [0.29, 0.717) is 19.1 Å². The molecule has 4 aliphatic rings. The molecule has 3 aliphatic heterocycles. The van der Waals surface area contributed by atoms with E-state index < -0.39 is 0 Å². The third kappa shape index (κ3) is 5.34. The minimum atomic E-state index is -0.275. The maximum absolute atomic E-state index is 13.0. The highest BCUT2D eigenvalue weighted by Crippen LogP contribution is 2.44. The fraction of sp³-hybridized carbons (Fsp3) is 0.552. The molecule has 0 radical (unpaired) electrons. The molecule has 3 heterocycles. The molecule has 0 saturated carbocycles. The Hall–Kier alpha value is -2.57. The molecule has 1 aliphatic carbocycles. The van der Waals surface area contributed by atoms with E-state index in [1.807, 2.05) is 12.1 Å². The van der Waals surface area contributed by atoms with E-state index in [-0.39, 0.29) is 23.7 Å². The Balaban J connectivity index is 1.29. The van der Waals surface area contributed by atoms with Crippen LogP contribution in [0.5, 0.6) is 5.75 Å². The van der Waals surface area contributed by atoms with Gasteiger partial charge in [-0.15, -0.1) is 0 Å². The van der Waals surface area contributed by atoms with E-state index in [1.54, 1.807) is 7.11 Å². The number of nitrogens with zero attached hydrogens (tertiary/aromatic N) is 1. The van der Waals surface area contributed by atoms with Crippen LogP contribution in [0.4, 0.5) is 4.79 Å². The molecule has 6 rings (SSSR count). The summed E-state index contributed by atoms with van der Waals surface area (Å²) >= 11 is 0. The average molecular weight is 479 g/mol. The van der Waals surface area contributed by atoms with Gasteiger partial charge in [0.25, 0.3) is 0 Å². The van der Waals surface area contributed by atoms with Crippen molar-refractivity contribution in [1.29, 1.82) is 0 Å². The number of nitrogens with one attached hydrogen (secondary N) is 1. The van der Waals surface area contributed by atoms with Crippen LogP contribution in [0.15, 0.2) is 42.5 Å². The van der Waals surface area contributed by atoms with Crippen molar-refractivity contribution in [2.45, 2.75) is 51.7 Å². The fourth-order valence-corrected chi connectivity index (χ4v) is 5.90. The van der Waals surface area contributed by atoms with Crippen molar-refractivity contribution in [2.75, 3.05) is 40.0 Å². The van der Waals surface area contributed by atoms with Gasteiger partial charge in [0, 0.05) is 13.7 Å². The number of hydrogen-bond acceptors (Lipinski definition) is 5. The highest BCUT2D eigenvalue weighted by atomic mass is 16.6. The standard InChI is InChI=1S/C29H38N2O4/c1-29(2)13-10-23-18-22(20-4-7-24(8-5-20)34-17-16-33-3)6-9-25(23)27(29)30-28(32)35-26-19-31-14-11-21(26)12-15-31/h4-9,18,21,26-27H,10-17,19H2,1-3H3,(H,30,32)/t26-,27?/m0/s1. The van der Waals surface area contributed by atoms with Crippen LogP contribution < -0.4 is 10.1 Å². The Bertz CT molecular complexity index is 1030. The first kappa shape index (κ1) is 24.1. The Morgan fingerprint density at radius 2 is 1.80 bits per heavy atom. The summed E-state index contributed by atoms with van der Waals surface area (Å²) < 4.78 is 16.7. The van der Waals surface area contributed by atoms with E-state index in [1.165, 1.54) is 16.7 Å². The smallest absolute Gasteiger partial charge is 0.407 e. The van der Waals surface area contributed by atoms with Gasteiger partial charge in [-0.3, -0.25) is 4.90 Å². The lowest BCUT2D eigenvalue weighted by Gasteiger charge is -2.44. The first-order valence-corrected chi connectivity index (χ1v) is 13.0. The molecule has 2 aromatic carbocycles. The number of ether oxygens (including phenoxy) is 3. The van der Waals surface area contributed by atoms with Crippen LogP contribution in [-0.2, 0) is 15.9 Å². The lowest BCUT2D eigenvalue weighted by molar-refractivity contribution is -0.0353. The molecular weight excluding hydrogens is 440 g/mol. The number of alkyl carbamates (subject to hydrolysis) is 1. The minimum absolute atomic E-state index is 0.0208. The lowest BCUT2D eigenvalue weighted by Crippen LogP contribution is -2.53. The van der Waals surface area contributed by atoms with Crippen molar-refractivity contribution >= 4 is 6.09 Å². The third-order valence-electron chi connectivity index (χ3n) is 8.13. The SMILES string of the molecule is COCCOc1ccc(-c2ccc3c(c2)CCC(C)(C)C3NC(=O)O[C@H]2CN3CCC2CC3)cc1. The summed E-state index contributed by atoms with van der Waals surface area (Å²) in [6.07, 6.45) is 4.04. The average Bonchev–Trinajstić information content (AvgIpc) is 2.87. The number of amides is 1. The summed E-state index contributed by atoms with van der Waals surface area (Å²) in [5.74, 6) is 1.35. The van der Waals surface area contributed by atoms with Gasteiger partial charge in [0.1, 0.15) is 18.5 Å². The zero-order valence-electron chi connectivity index (χ0n) is 21.2. The predicted molar refractivity (Wildman–Crippen MR) is 137 cm³/mol. The summed E-state index contributed by atoms with van der Waals surface area (Å²) in [6.45, 7) is 8.76. The molecule has 2 aromatic rings. The fourth-order valence-electron chi connectivity index (χ4n) is 5.90. The lowest BCUT2D eigenvalue weighted by atomic mass is 9.70. The Kier molecular flexibility index (Phi) is 7.03. The van der Waals surface area contributed by atoms with Gasteiger partial charge in [-0.1, -0.05) is 44.2 Å². The van der Waals surface area contributed by atoms with Crippen LogP contribution in [0.1, 0.15) is 50.3 Å². The largest absolute Gasteiger partial charge is 0.491 e. The van der Waals surface area contributed by atoms with Crippen molar-refractivity contribution in [3.63, 3.8) is 0 Å². The summed E-state index contributed by atoms with van der Waals surface area (Å²) in [6, 6.07) is 14.8. The van der Waals surface area contributed by atoms with Crippen LogP contribution in [0, 0.1) is 11.3 Å². The first-order valence-electron chi connectivity index (χ1n) is 13.0. The van der Waals surface area contributed by atoms with Gasteiger partial charge in [0.2, 0.25) is 0 Å². The first-order chi connectivity index (χ1) is 16.9. The molecule has 1 amide bonds. The molecule has 6 nitrogen and oxygen atoms in total. The van der Waals surface area contributed by atoms with Crippen molar-refractivity contribution < 1.29 is 19.0 Å². The van der Waals surface area contributed by atoms with Crippen LogP contribution in [0.2, 0.25) is 0 Å². The Morgan fingerprint density at radius 1 is 1.06 bits per heavy atom. The summed E-state index contributed by atoms with van der Waals surface area (Å²) in [4.78, 5) is 15.4. The molecule has 1 N–H and O–H groups in total. The number of fused-ring (bicyclic) bond motifs is 4. The van der Waals surface area contributed by atoms with Gasteiger partial charge in [-0.25, -0.2) is 4.79 Å². The number of methoxy groups -OCH3 is 1. The Labute approximate surface area is 208 Å². The van der Waals surface area contributed by atoms with E-state index in [2.05, 4.69) is 54.4 Å². The molecular formula is C29H38N2O4. The van der Waals surface area contributed by atoms with Crippen LogP contribution in [-0.4, -0.2) is 57.1 Å². The van der Waals surface area contributed by atoms with E-state index in [0.717, 1.165) is 56.6 Å². The molecule has 3 saturated heterocycles. The molecule has 0 spiro atoms. The number of benzene rings is 2. The minimum Gasteiger partial charge on any atom is -0.491 e. The van der Waals surface area contributed by atoms with E-state index >= 15 is 0 Å². The molecule has 6 heteroatoms. The molecule has 2 bridgehead atoms. The predicted octanol–water partition coefficient (Wildman–Crippen LogP) is 5.21. The van der Waals surface area contributed by atoms with Gasteiger partial charge >= 0.3 is 6.09 Å². The Morgan fingerprint density at radius 3 is 2.49 bits per heavy atom. The van der Waals surface area contributed by atoms with Crippen molar-refractivity contribution in [3.05, 3.63) is 53.6 Å². The van der Waals surface area contributed by atoms with E-state index in [9.17, 15) is 4.79 Å². The maximum Gasteiger partial charge on any atom is 0.407 e. The number of aryl methyl sites for hydroxylation is 1. The molecule has 0 aromatic heterocycles. The molecule has 35 heavy (non-hydrogen) atoms. The van der Waals surface area contributed by atoms with Gasteiger partial charge in [0.05, 0.1) is 12.6 Å². The number of piperidine rings is 3. The molecule has 3 fully saturated rings. The second kappa shape index (κ2) is 10.2. The second-order valence-electron chi connectivity index (χ2n) is 10.9. The van der Waals surface area contributed by atoms with Gasteiger partial charge in [-0.2, -0.15) is 0 Å². The third-order valence-corrected chi connectivity index (χ3v) is 8.13. The normalized spacial score (nSPS) is 26.6. The highest BCUT2D eigenvalue weighted by Gasteiger charge is 2.40. The van der Waals surface area contributed by atoms with Crippen molar-refractivity contribution in [2.24, 2.45) is 11.3 Å². The number of rotatable bonds is 7. The quantitative estimate of drug-likeness (QED) is 0.554. The highest BCUT2D eigenvalue weighted by molar-refractivity contribution is 5.70. The summed E-state index contributed by atoms with van der Waals surface area (Å²) in [7, 11) is 1.67.